The molecule has 0 aliphatic carbocycles. The summed E-state index contributed by atoms with van der Waals surface area (Å²) in [5.74, 6) is -1.15. The van der Waals surface area contributed by atoms with Crippen molar-refractivity contribution in [3.63, 3.8) is 0 Å². The first-order valence-corrected chi connectivity index (χ1v) is 4.48. The number of halogens is 3. The van der Waals surface area contributed by atoms with Gasteiger partial charge in [-0.3, -0.25) is 4.79 Å². The van der Waals surface area contributed by atoms with Crippen molar-refractivity contribution in [2.75, 3.05) is 0 Å². The topological polar surface area (TPSA) is 41.5 Å². The number of alkyl halides is 3. The fraction of sp³-hybridized carbons (Fsp3) is 0.200. The summed E-state index contributed by atoms with van der Waals surface area (Å²) in [4.78, 5) is 11.2. The van der Waals surface area contributed by atoms with E-state index in [0.717, 1.165) is 12.1 Å². The summed E-state index contributed by atoms with van der Waals surface area (Å²) in [6.45, 7) is 0. The largest absolute Gasteiger partial charge is 0.416 e. The fourth-order valence-electron chi connectivity index (χ4n) is 1.46. The predicted octanol–water partition coefficient (Wildman–Crippen LogP) is 1.90. The van der Waals surface area contributed by atoms with E-state index in [1.807, 2.05) is 0 Å². The number of hydrogen-bond donors (Lipinski definition) is 1. The highest BCUT2D eigenvalue weighted by Gasteiger charge is 2.32. The molecule has 1 atom stereocenters. The zero-order valence-electron chi connectivity index (χ0n) is 7.95. The zero-order chi connectivity index (χ0) is 11.8. The van der Waals surface area contributed by atoms with Gasteiger partial charge >= 0.3 is 6.18 Å². The molecule has 0 spiro atoms. The molecule has 1 aliphatic rings. The van der Waals surface area contributed by atoms with E-state index >= 15 is 0 Å². The van der Waals surface area contributed by atoms with Gasteiger partial charge in [-0.05, 0) is 11.6 Å². The molecule has 1 unspecified atom stereocenters. The molecule has 0 saturated carbocycles. The van der Waals surface area contributed by atoms with Gasteiger partial charge in [-0.15, -0.1) is 0 Å². The quantitative estimate of drug-likeness (QED) is 0.783. The second-order valence-electron chi connectivity index (χ2n) is 3.36. The van der Waals surface area contributed by atoms with Gasteiger partial charge in [0.15, 0.2) is 0 Å². The summed E-state index contributed by atoms with van der Waals surface area (Å²) in [7, 11) is 0. The van der Waals surface area contributed by atoms with Crippen molar-refractivity contribution < 1.29 is 18.0 Å². The summed E-state index contributed by atoms with van der Waals surface area (Å²) in [6, 6.07) is 4.67. The normalized spacial score (nSPS) is 19.9. The molecule has 1 aromatic carbocycles. The van der Waals surface area contributed by atoms with Gasteiger partial charge < -0.3 is 0 Å². The molecular formula is C10H7F3N2O. The number of rotatable bonds is 1. The van der Waals surface area contributed by atoms with Gasteiger partial charge in [-0.25, -0.2) is 5.43 Å². The second kappa shape index (κ2) is 3.62. The number of carbonyl (C=O) groups excluding carboxylic acids is 1. The first kappa shape index (κ1) is 10.7. The van der Waals surface area contributed by atoms with Crippen LogP contribution in [0.3, 0.4) is 0 Å². The molecule has 1 aromatic rings. The van der Waals surface area contributed by atoms with Crippen molar-refractivity contribution in [1.29, 1.82) is 0 Å². The van der Waals surface area contributed by atoms with E-state index in [-0.39, 0.29) is 5.56 Å². The zero-order valence-corrected chi connectivity index (χ0v) is 7.95. The van der Waals surface area contributed by atoms with Crippen LogP contribution in [0.25, 0.3) is 0 Å². The third-order valence-electron chi connectivity index (χ3n) is 2.25. The van der Waals surface area contributed by atoms with E-state index in [2.05, 4.69) is 10.5 Å². The van der Waals surface area contributed by atoms with Crippen LogP contribution < -0.4 is 5.43 Å². The first-order valence-electron chi connectivity index (χ1n) is 4.48. The molecule has 2 rings (SSSR count). The number of nitrogens with zero attached hydrogens (tertiary/aromatic N) is 1. The summed E-state index contributed by atoms with van der Waals surface area (Å²) in [5, 5.41) is 3.51. The Morgan fingerprint density at radius 1 is 1.31 bits per heavy atom. The average Bonchev–Trinajstić information content (AvgIpc) is 2.63. The number of nitrogens with one attached hydrogen (secondary N) is 1. The minimum absolute atomic E-state index is 0.286. The lowest BCUT2D eigenvalue weighted by molar-refractivity contribution is -0.137. The van der Waals surface area contributed by atoms with Crippen molar-refractivity contribution in [3.8, 4) is 0 Å². The van der Waals surface area contributed by atoms with E-state index in [9.17, 15) is 18.0 Å². The van der Waals surface area contributed by atoms with Crippen molar-refractivity contribution in [1.82, 2.24) is 5.43 Å². The van der Waals surface area contributed by atoms with E-state index in [4.69, 9.17) is 0 Å². The number of hydrogen-bond acceptors (Lipinski definition) is 2. The number of benzene rings is 1. The number of hydrazone groups is 1. The summed E-state index contributed by atoms with van der Waals surface area (Å²) < 4.78 is 37.3. The third kappa shape index (κ3) is 1.91. The molecule has 3 nitrogen and oxygen atoms in total. The standard InChI is InChI=1S/C10H7F3N2O/c11-10(12,13)7-3-1-2-6(4-7)8-5-14-15-9(8)16/h1-5,8H,(H,15,16). The van der Waals surface area contributed by atoms with Crippen LogP contribution in [-0.2, 0) is 11.0 Å². The van der Waals surface area contributed by atoms with Crippen LogP contribution in [0.4, 0.5) is 13.2 Å². The molecule has 0 fully saturated rings. The Labute approximate surface area is 89.0 Å². The molecule has 0 aromatic heterocycles. The Bertz CT molecular complexity index is 454. The van der Waals surface area contributed by atoms with Crippen LogP contribution in [0.1, 0.15) is 17.0 Å². The van der Waals surface area contributed by atoms with E-state index in [1.54, 1.807) is 0 Å². The van der Waals surface area contributed by atoms with Gasteiger partial charge in [-0.2, -0.15) is 18.3 Å². The SMILES string of the molecule is O=C1NN=CC1c1cccc(C(F)(F)F)c1. The van der Waals surface area contributed by atoms with Crippen molar-refractivity contribution in [2.45, 2.75) is 12.1 Å². The molecule has 0 saturated heterocycles. The maximum absolute atomic E-state index is 12.4. The smallest absolute Gasteiger partial charge is 0.272 e. The Morgan fingerprint density at radius 2 is 2.06 bits per heavy atom. The van der Waals surface area contributed by atoms with Crippen LogP contribution in [0.5, 0.6) is 0 Å². The lowest BCUT2D eigenvalue weighted by atomic mass is 9.98. The lowest BCUT2D eigenvalue weighted by Gasteiger charge is -2.10. The lowest BCUT2D eigenvalue weighted by Crippen LogP contribution is -2.18. The number of carbonyl (C=O) groups is 1. The van der Waals surface area contributed by atoms with Gasteiger partial charge in [0.2, 0.25) is 0 Å². The first-order chi connectivity index (χ1) is 7.48. The summed E-state index contributed by atoms with van der Waals surface area (Å²) in [6.07, 6.45) is -3.11. The van der Waals surface area contributed by atoms with Gasteiger partial charge in [-0.1, -0.05) is 18.2 Å². The molecule has 0 radical (unpaired) electrons. The van der Waals surface area contributed by atoms with Crippen molar-refractivity contribution in [2.24, 2.45) is 5.10 Å². The molecule has 16 heavy (non-hydrogen) atoms. The fourth-order valence-corrected chi connectivity index (χ4v) is 1.46. The Morgan fingerprint density at radius 3 is 2.62 bits per heavy atom. The molecule has 0 bridgehead atoms. The second-order valence-corrected chi connectivity index (χ2v) is 3.36. The molecular weight excluding hydrogens is 221 g/mol. The van der Waals surface area contributed by atoms with Crippen LogP contribution in [0, 0.1) is 0 Å². The molecule has 1 heterocycles. The highest BCUT2D eigenvalue weighted by atomic mass is 19.4. The Balaban J connectivity index is 2.36. The van der Waals surface area contributed by atoms with Gasteiger partial charge in [0.25, 0.3) is 5.91 Å². The van der Waals surface area contributed by atoms with E-state index < -0.39 is 23.6 Å². The summed E-state index contributed by atoms with van der Waals surface area (Å²) in [5.41, 5.74) is 1.70. The van der Waals surface area contributed by atoms with Crippen LogP contribution in [-0.4, -0.2) is 12.1 Å². The monoisotopic (exact) mass is 228 g/mol. The van der Waals surface area contributed by atoms with Gasteiger partial charge in [0.05, 0.1) is 5.56 Å². The Kier molecular flexibility index (Phi) is 2.41. The maximum Gasteiger partial charge on any atom is 0.416 e. The average molecular weight is 228 g/mol. The highest BCUT2D eigenvalue weighted by Crippen LogP contribution is 2.31. The minimum atomic E-state index is -4.40. The third-order valence-corrected chi connectivity index (χ3v) is 2.25. The van der Waals surface area contributed by atoms with Crippen molar-refractivity contribution in [3.05, 3.63) is 35.4 Å². The molecule has 6 heteroatoms. The van der Waals surface area contributed by atoms with Crippen LogP contribution in [0.15, 0.2) is 29.4 Å². The molecule has 1 aliphatic heterocycles. The van der Waals surface area contributed by atoms with Gasteiger partial charge in [0, 0.05) is 6.21 Å². The predicted molar refractivity (Wildman–Crippen MR) is 50.8 cm³/mol. The summed E-state index contributed by atoms with van der Waals surface area (Å²) >= 11 is 0. The van der Waals surface area contributed by atoms with E-state index in [0.29, 0.717) is 0 Å². The van der Waals surface area contributed by atoms with Crippen molar-refractivity contribution >= 4 is 12.1 Å². The maximum atomic E-state index is 12.4. The van der Waals surface area contributed by atoms with E-state index in [1.165, 1.54) is 18.3 Å². The molecule has 1 N–H and O–H groups in total. The van der Waals surface area contributed by atoms with Crippen LogP contribution >= 0.6 is 0 Å². The minimum Gasteiger partial charge on any atom is -0.272 e. The molecule has 84 valence electrons. The molecule has 1 amide bonds. The number of amides is 1. The Hall–Kier alpha value is -1.85. The highest BCUT2D eigenvalue weighted by molar-refractivity contribution is 6.02. The van der Waals surface area contributed by atoms with Crippen LogP contribution in [0.2, 0.25) is 0 Å². The van der Waals surface area contributed by atoms with Gasteiger partial charge in [0.1, 0.15) is 5.92 Å².